The van der Waals surface area contributed by atoms with Crippen molar-refractivity contribution in [2.24, 2.45) is 0 Å². The van der Waals surface area contributed by atoms with Crippen LogP contribution >= 0.6 is 12.6 Å². The van der Waals surface area contributed by atoms with Crippen LogP contribution < -0.4 is 0 Å². The van der Waals surface area contributed by atoms with Gasteiger partial charge in [-0.3, -0.25) is 0 Å². The van der Waals surface area contributed by atoms with Gasteiger partial charge >= 0.3 is 0 Å². The van der Waals surface area contributed by atoms with Crippen LogP contribution in [0.4, 0.5) is 0 Å². The first-order chi connectivity index (χ1) is 5.41. The topological polar surface area (TPSA) is 9.23 Å². The lowest BCUT2D eigenvalue weighted by Crippen LogP contribution is -1.94. The Balaban J connectivity index is 2.79. The Labute approximate surface area is 75.2 Å². The quantitative estimate of drug-likeness (QED) is 0.355. The van der Waals surface area contributed by atoms with Crippen molar-refractivity contribution in [3.05, 3.63) is 12.2 Å². The van der Waals surface area contributed by atoms with E-state index in [0.717, 1.165) is 25.4 Å². The van der Waals surface area contributed by atoms with Crippen molar-refractivity contribution < 1.29 is 4.74 Å². The molecule has 11 heavy (non-hydrogen) atoms. The monoisotopic (exact) mass is 174 g/mol. The fraction of sp³-hybridized carbons (Fsp3) is 0.778. The van der Waals surface area contributed by atoms with E-state index in [1.54, 1.807) is 0 Å². The second kappa shape index (κ2) is 10.0. The molecule has 0 radical (unpaired) electrons. The zero-order valence-electron chi connectivity index (χ0n) is 7.25. The molecule has 2 heteroatoms. The van der Waals surface area contributed by atoms with Crippen LogP contribution in [-0.4, -0.2) is 19.0 Å². The number of ether oxygens (including phenoxy) is 1. The summed E-state index contributed by atoms with van der Waals surface area (Å²) in [5.74, 6) is 0.995. The summed E-state index contributed by atoms with van der Waals surface area (Å²) >= 11 is 4.13. The molecule has 0 aliphatic heterocycles. The molecule has 0 unspecified atom stereocenters. The summed E-state index contributed by atoms with van der Waals surface area (Å²) in [5.41, 5.74) is 0. The molecular formula is C9H18OS. The Morgan fingerprint density at radius 3 is 2.73 bits per heavy atom. The smallest absolute Gasteiger partial charge is 0.0647 e. The molecule has 66 valence electrons. The molecular weight excluding hydrogens is 156 g/mol. The molecule has 0 amide bonds. The van der Waals surface area contributed by atoms with Crippen molar-refractivity contribution in [3.63, 3.8) is 0 Å². The number of hydrogen-bond acceptors (Lipinski definition) is 2. The lowest BCUT2D eigenvalue weighted by atomic mass is 10.3. The van der Waals surface area contributed by atoms with E-state index in [1.165, 1.54) is 12.8 Å². The fourth-order valence-corrected chi connectivity index (χ4v) is 0.964. The van der Waals surface area contributed by atoms with Crippen molar-refractivity contribution in [3.8, 4) is 0 Å². The summed E-state index contributed by atoms with van der Waals surface area (Å²) in [6.07, 6.45) is 7.64. The van der Waals surface area contributed by atoms with E-state index >= 15 is 0 Å². The van der Waals surface area contributed by atoms with E-state index < -0.39 is 0 Å². The Kier molecular flexibility index (Phi) is 10.1. The molecule has 0 saturated carbocycles. The first-order valence-corrected chi connectivity index (χ1v) is 4.84. The number of rotatable bonds is 7. The average Bonchev–Trinajstić information content (AvgIpc) is 2.03. The molecule has 0 aromatic rings. The van der Waals surface area contributed by atoms with Crippen LogP contribution in [0.3, 0.4) is 0 Å². The van der Waals surface area contributed by atoms with Crippen molar-refractivity contribution in [1.82, 2.24) is 0 Å². The maximum Gasteiger partial charge on any atom is 0.0647 e. The fourth-order valence-electron chi connectivity index (χ4n) is 0.740. The lowest BCUT2D eigenvalue weighted by molar-refractivity contribution is 0.157. The van der Waals surface area contributed by atoms with Gasteiger partial charge in [0.2, 0.25) is 0 Å². The minimum atomic E-state index is 0.761. The van der Waals surface area contributed by atoms with Crippen LogP contribution in [0.2, 0.25) is 0 Å². The molecule has 1 nitrogen and oxygen atoms in total. The molecule has 0 N–H and O–H groups in total. The van der Waals surface area contributed by atoms with Gasteiger partial charge in [0, 0.05) is 6.61 Å². The number of unbranched alkanes of at least 4 members (excludes halogenated alkanes) is 2. The van der Waals surface area contributed by atoms with Crippen LogP contribution in [0, 0.1) is 0 Å². The average molecular weight is 174 g/mol. The SMILES string of the molecule is CC=CCOCCCCCS. The highest BCUT2D eigenvalue weighted by Crippen LogP contribution is 1.96. The molecule has 0 fully saturated rings. The normalized spacial score (nSPS) is 11.1. The van der Waals surface area contributed by atoms with Crippen LogP contribution in [-0.2, 0) is 4.74 Å². The zero-order chi connectivity index (χ0) is 8.36. The van der Waals surface area contributed by atoms with Gasteiger partial charge in [0.05, 0.1) is 6.61 Å². The Hall–Kier alpha value is 0.0500. The van der Waals surface area contributed by atoms with Gasteiger partial charge in [-0.05, 0) is 25.5 Å². The summed E-state index contributed by atoms with van der Waals surface area (Å²) in [4.78, 5) is 0. The van der Waals surface area contributed by atoms with E-state index in [4.69, 9.17) is 4.74 Å². The van der Waals surface area contributed by atoms with Gasteiger partial charge < -0.3 is 4.74 Å². The van der Waals surface area contributed by atoms with Gasteiger partial charge in [-0.15, -0.1) is 0 Å². The molecule has 0 saturated heterocycles. The second-order valence-corrected chi connectivity index (χ2v) is 2.88. The molecule has 0 aromatic carbocycles. The van der Waals surface area contributed by atoms with E-state index in [-0.39, 0.29) is 0 Å². The summed E-state index contributed by atoms with van der Waals surface area (Å²) in [7, 11) is 0. The van der Waals surface area contributed by atoms with Gasteiger partial charge in [-0.25, -0.2) is 0 Å². The molecule has 0 aliphatic rings. The van der Waals surface area contributed by atoms with E-state index in [1.807, 2.05) is 19.1 Å². The maximum atomic E-state index is 5.31. The predicted molar refractivity (Wildman–Crippen MR) is 53.3 cm³/mol. The standard InChI is InChI=1S/C9H18OS/c1-2-3-7-10-8-5-4-6-9-11/h2-3,11H,4-9H2,1H3. The van der Waals surface area contributed by atoms with Gasteiger partial charge in [0.1, 0.15) is 0 Å². The highest BCUT2D eigenvalue weighted by atomic mass is 32.1. The molecule has 0 heterocycles. The highest BCUT2D eigenvalue weighted by Gasteiger charge is 1.86. The van der Waals surface area contributed by atoms with Crippen molar-refractivity contribution in [2.45, 2.75) is 26.2 Å². The Morgan fingerprint density at radius 2 is 2.09 bits per heavy atom. The van der Waals surface area contributed by atoms with Crippen molar-refractivity contribution in [2.75, 3.05) is 19.0 Å². The van der Waals surface area contributed by atoms with Crippen molar-refractivity contribution >= 4 is 12.6 Å². The zero-order valence-corrected chi connectivity index (χ0v) is 8.15. The summed E-state index contributed by atoms with van der Waals surface area (Å²) in [6, 6.07) is 0. The first kappa shape index (κ1) is 11.1. The molecule has 0 bridgehead atoms. The number of hydrogen-bond donors (Lipinski definition) is 1. The van der Waals surface area contributed by atoms with E-state index in [2.05, 4.69) is 12.6 Å². The minimum absolute atomic E-state index is 0.761. The van der Waals surface area contributed by atoms with E-state index in [0.29, 0.717) is 0 Å². The van der Waals surface area contributed by atoms with E-state index in [9.17, 15) is 0 Å². The van der Waals surface area contributed by atoms with Crippen LogP contribution in [0.1, 0.15) is 26.2 Å². The van der Waals surface area contributed by atoms with Gasteiger partial charge in [0.25, 0.3) is 0 Å². The third-order valence-corrected chi connectivity index (χ3v) is 1.71. The van der Waals surface area contributed by atoms with Gasteiger partial charge in [-0.2, -0.15) is 12.6 Å². The molecule has 0 rings (SSSR count). The molecule has 0 spiro atoms. The van der Waals surface area contributed by atoms with Crippen LogP contribution in [0.5, 0.6) is 0 Å². The molecule has 0 aromatic heterocycles. The summed E-state index contributed by atoms with van der Waals surface area (Å²) in [5, 5.41) is 0. The predicted octanol–water partition coefficient (Wildman–Crippen LogP) is 2.68. The summed E-state index contributed by atoms with van der Waals surface area (Å²) < 4.78 is 5.31. The molecule has 0 atom stereocenters. The number of thiol groups is 1. The van der Waals surface area contributed by atoms with Crippen molar-refractivity contribution in [1.29, 1.82) is 0 Å². The van der Waals surface area contributed by atoms with Crippen LogP contribution in [0.25, 0.3) is 0 Å². The third-order valence-electron chi connectivity index (χ3n) is 1.40. The Bertz CT molecular complexity index is 91.6. The highest BCUT2D eigenvalue weighted by molar-refractivity contribution is 7.80. The first-order valence-electron chi connectivity index (χ1n) is 4.21. The second-order valence-electron chi connectivity index (χ2n) is 2.43. The maximum absolute atomic E-state index is 5.31. The lowest BCUT2D eigenvalue weighted by Gasteiger charge is -1.99. The molecule has 0 aliphatic carbocycles. The minimum Gasteiger partial charge on any atom is -0.377 e. The van der Waals surface area contributed by atoms with Gasteiger partial charge in [0.15, 0.2) is 0 Å². The largest absolute Gasteiger partial charge is 0.377 e. The van der Waals surface area contributed by atoms with Gasteiger partial charge in [-0.1, -0.05) is 18.6 Å². The third kappa shape index (κ3) is 10.1. The Morgan fingerprint density at radius 1 is 1.27 bits per heavy atom. The number of allylic oxidation sites excluding steroid dienone is 1. The summed E-state index contributed by atoms with van der Waals surface area (Å²) in [6.45, 7) is 3.65. The van der Waals surface area contributed by atoms with Crippen LogP contribution in [0.15, 0.2) is 12.2 Å².